The fourth-order valence-electron chi connectivity index (χ4n) is 3.31. The Labute approximate surface area is 192 Å². The van der Waals surface area contributed by atoms with Crippen molar-refractivity contribution < 1.29 is 33.6 Å². The quantitative estimate of drug-likeness (QED) is 0.347. The molecule has 0 radical (unpaired) electrons. The third-order valence-corrected chi connectivity index (χ3v) is 4.94. The molecule has 0 aromatic heterocycles. The minimum atomic E-state index is -1.09. The van der Waals surface area contributed by atoms with Crippen molar-refractivity contribution in [2.24, 2.45) is 0 Å². The van der Waals surface area contributed by atoms with E-state index in [-0.39, 0.29) is 5.57 Å². The van der Waals surface area contributed by atoms with Crippen LogP contribution in [0.4, 0.5) is 0 Å². The number of rotatable bonds is 10. The van der Waals surface area contributed by atoms with Crippen molar-refractivity contribution in [3.8, 4) is 28.7 Å². The number of hydrogen-bond donors (Lipinski definition) is 1. The maximum Gasteiger partial charge on any atom is 0.336 e. The maximum atomic E-state index is 12.2. The number of carboxylic acid groups (broad SMARTS) is 1. The van der Waals surface area contributed by atoms with Gasteiger partial charge >= 0.3 is 5.97 Å². The van der Waals surface area contributed by atoms with Crippen LogP contribution >= 0.6 is 0 Å². The number of aliphatic carboxylic acids is 1. The van der Waals surface area contributed by atoms with E-state index in [2.05, 4.69) is 0 Å². The average Bonchev–Trinajstić information content (AvgIpc) is 2.85. The smallest absolute Gasteiger partial charge is 0.336 e. The van der Waals surface area contributed by atoms with E-state index < -0.39 is 5.97 Å². The summed E-state index contributed by atoms with van der Waals surface area (Å²) in [5, 5.41) is 9.94. The molecule has 0 atom stereocenters. The second kappa shape index (κ2) is 10.9. The summed E-state index contributed by atoms with van der Waals surface area (Å²) in [7, 11) is 6.05. The molecule has 0 aliphatic carbocycles. The van der Waals surface area contributed by atoms with Crippen molar-refractivity contribution in [3.05, 3.63) is 77.4 Å². The van der Waals surface area contributed by atoms with Gasteiger partial charge in [-0.25, -0.2) is 4.79 Å². The second-order valence-electron chi connectivity index (χ2n) is 6.96. The molecule has 3 aromatic carbocycles. The highest BCUT2D eigenvalue weighted by molar-refractivity contribution is 6.20. The average molecular weight is 450 g/mol. The first-order valence-corrected chi connectivity index (χ1v) is 10.1. The van der Waals surface area contributed by atoms with Crippen molar-refractivity contribution in [2.75, 3.05) is 28.4 Å². The Morgan fingerprint density at radius 2 is 1.42 bits per heavy atom. The molecule has 3 rings (SSSR count). The topological polar surface area (TPSA) is 83.5 Å². The third-order valence-electron chi connectivity index (χ3n) is 4.94. The van der Waals surface area contributed by atoms with Crippen molar-refractivity contribution >= 4 is 17.6 Å². The van der Waals surface area contributed by atoms with Gasteiger partial charge in [-0.15, -0.1) is 0 Å². The van der Waals surface area contributed by atoms with Gasteiger partial charge in [0.1, 0.15) is 6.61 Å². The van der Waals surface area contributed by atoms with E-state index in [9.17, 15) is 9.90 Å². The zero-order valence-electron chi connectivity index (χ0n) is 19.0. The van der Waals surface area contributed by atoms with E-state index in [1.807, 2.05) is 30.3 Å². The Morgan fingerprint density at radius 3 is 1.97 bits per heavy atom. The molecule has 0 saturated carbocycles. The standard InChI is InChI=1S/C26H26O7/c1-29-21-11-10-19(15-22(21)33-16-17-8-6-5-7-9-17)20(26(27)28)12-18-13-23(30-2)25(32-4)24(14-18)31-3/h5-15H,16H2,1-4H3,(H,27,28). The number of ether oxygens (including phenoxy) is 5. The molecule has 0 aliphatic heterocycles. The SMILES string of the molecule is COc1ccc(C(=Cc2cc(OC)c(OC)c(OC)c2)C(=O)O)cc1OCc1ccccc1. The number of benzene rings is 3. The summed E-state index contributed by atoms with van der Waals surface area (Å²) in [5.41, 5.74) is 2.08. The molecule has 0 fully saturated rings. The lowest BCUT2D eigenvalue weighted by Gasteiger charge is -2.14. The molecule has 0 amide bonds. The van der Waals surface area contributed by atoms with Gasteiger partial charge in [0.15, 0.2) is 23.0 Å². The minimum absolute atomic E-state index is 0.0662. The molecule has 7 nitrogen and oxygen atoms in total. The van der Waals surface area contributed by atoms with Crippen LogP contribution in [0.1, 0.15) is 16.7 Å². The molecule has 0 spiro atoms. The van der Waals surface area contributed by atoms with Crippen molar-refractivity contribution in [3.63, 3.8) is 0 Å². The van der Waals surface area contributed by atoms with Crippen LogP contribution in [-0.4, -0.2) is 39.5 Å². The number of methoxy groups -OCH3 is 4. The van der Waals surface area contributed by atoms with E-state index in [4.69, 9.17) is 23.7 Å². The van der Waals surface area contributed by atoms with Gasteiger partial charge in [-0.1, -0.05) is 36.4 Å². The number of carboxylic acids is 1. The first-order chi connectivity index (χ1) is 16.0. The number of carbonyl (C=O) groups is 1. The van der Waals surface area contributed by atoms with Gasteiger partial charge < -0.3 is 28.8 Å². The Bertz CT molecular complexity index is 1110. The van der Waals surface area contributed by atoms with Crippen molar-refractivity contribution in [2.45, 2.75) is 6.61 Å². The summed E-state index contributed by atoms with van der Waals surface area (Å²) in [6.45, 7) is 0.319. The first-order valence-electron chi connectivity index (χ1n) is 10.1. The van der Waals surface area contributed by atoms with Crippen LogP contribution in [0.3, 0.4) is 0 Å². The van der Waals surface area contributed by atoms with Crippen molar-refractivity contribution in [1.82, 2.24) is 0 Å². The largest absolute Gasteiger partial charge is 0.493 e. The highest BCUT2D eigenvalue weighted by atomic mass is 16.5. The van der Waals surface area contributed by atoms with Crippen LogP contribution in [0, 0.1) is 0 Å². The van der Waals surface area contributed by atoms with Crippen LogP contribution in [0.2, 0.25) is 0 Å². The van der Waals surface area contributed by atoms with Gasteiger partial charge in [0.05, 0.1) is 34.0 Å². The zero-order valence-corrected chi connectivity index (χ0v) is 19.0. The number of hydrogen-bond acceptors (Lipinski definition) is 6. The van der Waals surface area contributed by atoms with Gasteiger partial charge in [-0.2, -0.15) is 0 Å². The van der Waals surface area contributed by atoms with Crippen LogP contribution in [0.25, 0.3) is 11.6 Å². The summed E-state index contributed by atoms with van der Waals surface area (Å²) in [6, 6.07) is 18.0. The second-order valence-corrected chi connectivity index (χ2v) is 6.96. The van der Waals surface area contributed by atoms with Crippen LogP contribution in [-0.2, 0) is 11.4 Å². The lowest BCUT2D eigenvalue weighted by atomic mass is 10.0. The molecule has 33 heavy (non-hydrogen) atoms. The Hall–Kier alpha value is -4.13. The normalized spacial score (nSPS) is 11.0. The first kappa shape index (κ1) is 23.5. The molecule has 3 aromatic rings. The summed E-state index contributed by atoms with van der Waals surface area (Å²) in [6.07, 6.45) is 1.54. The maximum absolute atomic E-state index is 12.2. The molecule has 0 bridgehead atoms. The molecule has 0 heterocycles. The molecule has 0 aliphatic rings. The fraction of sp³-hybridized carbons (Fsp3) is 0.192. The van der Waals surface area contributed by atoms with Gasteiger partial charge in [-0.3, -0.25) is 0 Å². The van der Waals surface area contributed by atoms with Crippen LogP contribution in [0.5, 0.6) is 28.7 Å². The van der Waals surface area contributed by atoms with E-state index in [0.29, 0.717) is 46.5 Å². The highest BCUT2D eigenvalue weighted by Gasteiger charge is 2.17. The lowest BCUT2D eigenvalue weighted by Crippen LogP contribution is -2.03. The summed E-state index contributed by atoms with van der Waals surface area (Å²) in [5.74, 6) is 1.13. The third kappa shape index (κ3) is 5.57. The predicted molar refractivity (Wildman–Crippen MR) is 125 cm³/mol. The molecule has 7 heteroatoms. The Morgan fingerprint density at radius 1 is 0.788 bits per heavy atom. The monoisotopic (exact) mass is 450 g/mol. The molecular formula is C26H26O7. The zero-order chi connectivity index (χ0) is 23.8. The molecule has 0 unspecified atom stereocenters. The van der Waals surface area contributed by atoms with Crippen molar-refractivity contribution in [1.29, 1.82) is 0 Å². The predicted octanol–water partition coefficient (Wildman–Crippen LogP) is 4.93. The van der Waals surface area contributed by atoms with Gasteiger partial charge in [0.2, 0.25) is 5.75 Å². The van der Waals surface area contributed by atoms with E-state index in [1.165, 1.54) is 34.5 Å². The Kier molecular flexibility index (Phi) is 7.81. The molecule has 1 N–H and O–H groups in total. The minimum Gasteiger partial charge on any atom is -0.493 e. The van der Waals surface area contributed by atoms with E-state index in [1.54, 1.807) is 30.3 Å². The van der Waals surface area contributed by atoms with E-state index >= 15 is 0 Å². The van der Waals surface area contributed by atoms with Crippen LogP contribution < -0.4 is 23.7 Å². The summed E-state index contributed by atoms with van der Waals surface area (Å²) in [4.78, 5) is 12.2. The lowest BCUT2D eigenvalue weighted by molar-refractivity contribution is -0.130. The Balaban J connectivity index is 2.01. The molecular weight excluding hydrogens is 424 g/mol. The molecule has 0 saturated heterocycles. The molecule has 172 valence electrons. The highest BCUT2D eigenvalue weighted by Crippen LogP contribution is 2.39. The fourth-order valence-corrected chi connectivity index (χ4v) is 3.31. The summed E-state index contributed by atoms with van der Waals surface area (Å²) >= 11 is 0. The summed E-state index contributed by atoms with van der Waals surface area (Å²) < 4.78 is 27.4. The van der Waals surface area contributed by atoms with E-state index in [0.717, 1.165) is 5.56 Å². The van der Waals surface area contributed by atoms with Gasteiger partial charge in [0, 0.05) is 0 Å². The van der Waals surface area contributed by atoms with Crippen LogP contribution in [0.15, 0.2) is 60.7 Å². The van der Waals surface area contributed by atoms with Gasteiger partial charge in [-0.05, 0) is 47.0 Å². The van der Waals surface area contributed by atoms with Gasteiger partial charge in [0.25, 0.3) is 0 Å².